The van der Waals surface area contributed by atoms with Crippen molar-refractivity contribution in [2.24, 2.45) is 0 Å². The van der Waals surface area contributed by atoms with E-state index in [9.17, 15) is 9.18 Å². The SMILES string of the molecule is COc1ncc(Br)c(CNC(=O)C2=CN(Cc3cn4cc(C5CC5)ccc4n3)NN2)c1F. The molecule has 1 saturated carbocycles. The largest absolute Gasteiger partial charge is 0.479 e. The summed E-state index contributed by atoms with van der Waals surface area (Å²) in [5.41, 5.74) is 9.41. The number of carbonyl (C=O) groups excluding carboxylic acids is 1. The Bertz CT molecular complexity index is 1220. The van der Waals surface area contributed by atoms with Crippen LogP contribution in [0.25, 0.3) is 5.65 Å². The maximum atomic E-state index is 14.4. The summed E-state index contributed by atoms with van der Waals surface area (Å²) in [5.74, 6) is -0.445. The molecule has 1 amide bonds. The van der Waals surface area contributed by atoms with Crippen molar-refractivity contribution in [2.45, 2.75) is 31.8 Å². The van der Waals surface area contributed by atoms with Crippen LogP contribution in [-0.2, 0) is 17.9 Å². The van der Waals surface area contributed by atoms with Crippen molar-refractivity contribution in [2.75, 3.05) is 7.11 Å². The summed E-state index contributed by atoms with van der Waals surface area (Å²) in [6.07, 6.45) is 9.72. The molecule has 166 valence electrons. The first-order chi connectivity index (χ1) is 15.5. The molecule has 0 atom stereocenters. The number of nitrogens with one attached hydrogen (secondary N) is 3. The Kier molecular flexibility index (Phi) is 5.43. The molecular formula is C21H21BrFN7O2. The van der Waals surface area contributed by atoms with E-state index in [0.717, 1.165) is 11.3 Å². The van der Waals surface area contributed by atoms with Crippen LogP contribution in [-0.4, -0.2) is 32.4 Å². The van der Waals surface area contributed by atoms with E-state index in [1.54, 1.807) is 11.2 Å². The number of amides is 1. The molecule has 0 radical (unpaired) electrons. The summed E-state index contributed by atoms with van der Waals surface area (Å²) in [6, 6.07) is 4.17. The van der Waals surface area contributed by atoms with Crippen molar-refractivity contribution >= 4 is 27.5 Å². The average molecular weight is 502 g/mol. The van der Waals surface area contributed by atoms with Crippen LogP contribution < -0.4 is 21.0 Å². The predicted octanol–water partition coefficient (Wildman–Crippen LogP) is 2.50. The van der Waals surface area contributed by atoms with Crippen LogP contribution in [0.15, 0.2) is 47.1 Å². The number of fused-ring (bicyclic) bond motifs is 1. The van der Waals surface area contributed by atoms with Gasteiger partial charge in [0.15, 0.2) is 5.82 Å². The van der Waals surface area contributed by atoms with Crippen LogP contribution in [0.1, 0.15) is 35.6 Å². The topological polar surface area (TPSA) is 95.8 Å². The van der Waals surface area contributed by atoms with Gasteiger partial charge in [0.2, 0.25) is 0 Å². The molecule has 1 fully saturated rings. The molecule has 3 aromatic rings. The second kappa shape index (κ2) is 8.40. The molecule has 4 heterocycles. The normalized spacial score (nSPS) is 15.6. The van der Waals surface area contributed by atoms with Gasteiger partial charge in [-0.25, -0.2) is 14.4 Å². The molecule has 1 aliphatic heterocycles. The monoisotopic (exact) mass is 501 g/mol. The lowest BCUT2D eigenvalue weighted by Crippen LogP contribution is -2.38. The van der Waals surface area contributed by atoms with Gasteiger partial charge in [0.25, 0.3) is 11.8 Å². The van der Waals surface area contributed by atoms with Crippen LogP contribution in [0.4, 0.5) is 4.39 Å². The number of pyridine rings is 2. The van der Waals surface area contributed by atoms with E-state index in [1.807, 2.05) is 16.7 Å². The van der Waals surface area contributed by atoms with E-state index < -0.39 is 5.82 Å². The first-order valence-corrected chi connectivity index (χ1v) is 10.9. The number of carbonyl (C=O) groups is 1. The molecule has 5 rings (SSSR count). The third kappa shape index (κ3) is 4.13. The van der Waals surface area contributed by atoms with Crippen molar-refractivity contribution in [3.05, 3.63) is 69.7 Å². The number of hydrogen-bond donors (Lipinski definition) is 3. The standard InChI is InChI=1S/C21H21BrFN7O2/c1-32-21-19(23)15(16(22)7-25-21)6-24-20(31)17-11-30(28-27-17)10-14-9-29-8-13(12-2-3-12)4-5-18(29)26-14/h4-5,7-9,11-12,27-28H,2-3,6,10H2,1H3,(H,24,31). The van der Waals surface area contributed by atoms with Gasteiger partial charge >= 0.3 is 0 Å². The highest BCUT2D eigenvalue weighted by atomic mass is 79.9. The van der Waals surface area contributed by atoms with Crippen LogP contribution in [0.3, 0.4) is 0 Å². The summed E-state index contributed by atoms with van der Waals surface area (Å²) in [7, 11) is 1.34. The molecule has 3 N–H and O–H groups in total. The fraction of sp³-hybridized carbons (Fsp3) is 0.286. The molecule has 1 aliphatic carbocycles. The molecule has 0 aromatic carbocycles. The summed E-state index contributed by atoms with van der Waals surface area (Å²) in [6.45, 7) is 0.435. The minimum atomic E-state index is -0.619. The van der Waals surface area contributed by atoms with Gasteiger partial charge in [-0.1, -0.05) is 6.07 Å². The molecule has 0 unspecified atom stereocenters. The molecule has 0 saturated heterocycles. The molecule has 0 bridgehead atoms. The van der Waals surface area contributed by atoms with E-state index >= 15 is 0 Å². The summed E-state index contributed by atoms with van der Waals surface area (Å²) in [4.78, 5) is 21.0. The number of ether oxygens (including phenoxy) is 1. The van der Waals surface area contributed by atoms with Crippen molar-refractivity contribution in [1.82, 2.24) is 35.7 Å². The number of halogens is 2. The van der Waals surface area contributed by atoms with E-state index in [0.29, 0.717) is 22.6 Å². The second-order valence-electron chi connectivity index (χ2n) is 7.73. The van der Waals surface area contributed by atoms with Crippen molar-refractivity contribution in [3.8, 4) is 5.88 Å². The Hall–Kier alpha value is -3.18. The van der Waals surface area contributed by atoms with Gasteiger partial charge < -0.3 is 14.5 Å². The van der Waals surface area contributed by atoms with Crippen LogP contribution in [0.5, 0.6) is 5.88 Å². The van der Waals surface area contributed by atoms with Crippen molar-refractivity contribution in [1.29, 1.82) is 0 Å². The number of hydrogen-bond acceptors (Lipinski definition) is 7. The van der Waals surface area contributed by atoms with Gasteiger partial charge in [0.05, 0.1) is 19.3 Å². The second-order valence-corrected chi connectivity index (χ2v) is 8.59. The third-order valence-electron chi connectivity index (χ3n) is 5.42. The molecule has 32 heavy (non-hydrogen) atoms. The first kappa shape index (κ1) is 20.7. The molecule has 9 nitrogen and oxygen atoms in total. The van der Waals surface area contributed by atoms with E-state index in [1.165, 1.54) is 31.7 Å². The zero-order valence-corrected chi connectivity index (χ0v) is 18.8. The maximum Gasteiger partial charge on any atom is 0.270 e. The molecule has 2 aliphatic rings. The Morgan fingerprint density at radius 3 is 3.00 bits per heavy atom. The number of hydrazine groups is 2. The fourth-order valence-electron chi connectivity index (χ4n) is 3.58. The van der Waals surface area contributed by atoms with Gasteiger partial charge in [-0.2, -0.15) is 0 Å². The molecule has 0 spiro atoms. The predicted molar refractivity (Wildman–Crippen MR) is 117 cm³/mol. The average Bonchev–Trinajstić information content (AvgIpc) is 3.40. The fourth-order valence-corrected chi connectivity index (χ4v) is 3.99. The quantitative estimate of drug-likeness (QED) is 0.457. The summed E-state index contributed by atoms with van der Waals surface area (Å²) in [5, 5.41) is 4.42. The number of nitrogens with zero attached hydrogens (tertiary/aromatic N) is 4. The maximum absolute atomic E-state index is 14.4. The lowest BCUT2D eigenvalue weighted by molar-refractivity contribution is -0.118. The van der Waals surface area contributed by atoms with Gasteiger partial charge in [-0.3, -0.25) is 15.2 Å². The van der Waals surface area contributed by atoms with Gasteiger partial charge in [0.1, 0.15) is 11.3 Å². The molecular weight excluding hydrogens is 481 g/mol. The van der Waals surface area contributed by atoms with Crippen LogP contribution in [0, 0.1) is 5.82 Å². The van der Waals surface area contributed by atoms with Crippen molar-refractivity contribution in [3.63, 3.8) is 0 Å². The zero-order valence-electron chi connectivity index (χ0n) is 17.2. The van der Waals surface area contributed by atoms with Gasteiger partial charge in [-0.15, -0.1) is 5.53 Å². The highest BCUT2D eigenvalue weighted by molar-refractivity contribution is 9.10. The number of rotatable bonds is 7. The Morgan fingerprint density at radius 1 is 1.38 bits per heavy atom. The van der Waals surface area contributed by atoms with E-state index in [4.69, 9.17) is 4.74 Å². The highest BCUT2D eigenvalue weighted by Crippen LogP contribution is 2.39. The number of methoxy groups -OCH3 is 1. The molecule has 3 aromatic heterocycles. The Labute approximate surface area is 191 Å². The number of aromatic nitrogens is 3. The van der Waals surface area contributed by atoms with E-state index in [-0.39, 0.29) is 23.9 Å². The lowest BCUT2D eigenvalue weighted by atomic mass is 10.2. The minimum absolute atomic E-state index is 0.0289. The lowest BCUT2D eigenvalue weighted by Gasteiger charge is -2.12. The number of imidazole rings is 1. The van der Waals surface area contributed by atoms with Crippen LogP contribution >= 0.6 is 15.9 Å². The van der Waals surface area contributed by atoms with Crippen molar-refractivity contribution < 1.29 is 13.9 Å². The summed E-state index contributed by atoms with van der Waals surface area (Å²) < 4.78 is 21.8. The highest BCUT2D eigenvalue weighted by Gasteiger charge is 2.24. The van der Waals surface area contributed by atoms with Gasteiger partial charge in [0, 0.05) is 41.4 Å². The first-order valence-electron chi connectivity index (χ1n) is 10.1. The zero-order chi connectivity index (χ0) is 22.2. The molecule has 11 heteroatoms. The minimum Gasteiger partial charge on any atom is -0.479 e. The van der Waals surface area contributed by atoms with Gasteiger partial charge in [-0.05, 0) is 46.3 Å². The summed E-state index contributed by atoms with van der Waals surface area (Å²) >= 11 is 3.25. The Morgan fingerprint density at radius 2 is 2.22 bits per heavy atom. The van der Waals surface area contributed by atoms with Crippen LogP contribution in [0.2, 0.25) is 0 Å². The smallest absolute Gasteiger partial charge is 0.270 e. The third-order valence-corrected chi connectivity index (χ3v) is 6.11. The Balaban J connectivity index is 1.22. The van der Waals surface area contributed by atoms with E-state index in [2.05, 4.69) is 54.4 Å².